The summed E-state index contributed by atoms with van der Waals surface area (Å²) in [5.41, 5.74) is 7.63. The second kappa shape index (κ2) is 9.62. The van der Waals surface area contributed by atoms with Gasteiger partial charge in [-0.25, -0.2) is 4.98 Å². The molecular formula is C25H24F3N3O2. The van der Waals surface area contributed by atoms with Crippen molar-refractivity contribution in [2.45, 2.75) is 31.6 Å². The van der Waals surface area contributed by atoms with Crippen LogP contribution in [0.5, 0.6) is 0 Å². The van der Waals surface area contributed by atoms with E-state index in [0.29, 0.717) is 25.3 Å². The fourth-order valence-electron chi connectivity index (χ4n) is 3.95. The number of halogens is 3. The second-order valence-electron chi connectivity index (χ2n) is 8.01. The molecule has 0 atom stereocenters. The molecule has 5 nitrogen and oxygen atoms in total. The molecule has 2 N–H and O–H groups in total. The van der Waals surface area contributed by atoms with E-state index in [9.17, 15) is 18.0 Å². The Bertz CT molecular complexity index is 1080. The standard InChI is InChI=1S/C25H24F3N3O2/c26-25(27,28)21-8-5-19(6-9-21)18-3-1-17(2-4-18)16-31(22-11-13-33-14-12-22)23-10-7-20(15-30-23)24(29)32/h1-10,15,22H,11-14,16H2,(H2,29,32). The minimum atomic E-state index is -4.35. The summed E-state index contributed by atoms with van der Waals surface area (Å²) in [5, 5.41) is 0. The Morgan fingerprint density at radius 2 is 1.58 bits per heavy atom. The first-order valence-electron chi connectivity index (χ1n) is 10.7. The molecule has 2 aromatic carbocycles. The lowest BCUT2D eigenvalue weighted by molar-refractivity contribution is -0.137. The summed E-state index contributed by atoms with van der Waals surface area (Å²) in [6.45, 7) is 1.95. The van der Waals surface area contributed by atoms with E-state index in [1.165, 1.54) is 18.3 Å². The van der Waals surface area contributed by atoms with Gasteiger partial charge in [0.25, 0.3) is 0 Å². The fourth-order valence-corrected chi connectivity index (χ4v) is 3.95. The van der Waals surface area contributed by atoms with Gasteiger partial charge in [0.15, 0.2) is 0 Å². The minimum Gasteiger partial charge on any atom is -0.381 e. The summed E-state index contributed by atoms with van der Waals surface area (Å²) in [4.78, 5) is 18.0. The number of pyridine rings is 1. The fraction of sp³-hybridized carbons (Fsp3) is 0.280. The van der Waals surface area contributed by atoms with Gasteiger partial charge in [0.1, 0.15) is 5.82 Å². The third kappa shape index (κ3) is 5.51. The highest BCUT2D eigenvalue weighted by molar-refractivity contribution is 5.92. The minimum absolute atomic E-state index is 0.236. The molecule has 0 unspecified atom stereocenters. The number of nitrogens with two attached hydrogens (primary N) is 1. The normalized spacial score (nSPS) is 14.8. The van der Waals surface area contributed by atoms with Crippen LogP contribution < -0.4 is 10.6 Å². The van der Waals surface area contributed by atoms with Gasteiger partial charge in [0.2, 0.25) is 5.91 Å². The highest BCUT2D eigenvalue weighted by Gasteiger charge is 2.30. The van der Waals surface area contributed by atoms with Crippen molar-refractivity contribution >= 4 is 11.7 Å². The van der Waals surface area contributed by atoms with E-state index in [2.05, 4.69) is 9.88 Å². The first-order valence-corrected chi connectivity index (χ1v) is 10.7. The lowest BCUT2D eigenvalue weighted by Gasteiger charge is -2.35. The zero-order valence-corrected chi connectivity index (χ0v) is 17.9. The SMILES string of the molecule is NC(=O)c1ccc(N(Cc2ccc(-c3ccc(C(F)(F)F)cc3)cc2)C2CCOCC2)nc1. The van der Waals surface area contributed by atoms with Crippen LogP contribution in [0.4, 0.5) is 19.0 Å². The van der Waals surface area contributed by atoms with Crippen molar-refractivity contribution in [1.82, 2.24) is 4.98 Å². The smallest absolute Gasteiger partial charge is 0.381 e. The summed E-state index contributed by atoms with van der Waals surface area (Å²) in [7, 11) is 0. The number of primary amides is 1. The maximum absolute atomic E-state index is 12.8. The molecule has 4 rings (SSSR count). The highest BCUT2D eigenvalue weighted by Crippen LogP contribution is 2.31. The number of hydrogen-bond acceptors (Lipinski definition) is 4. The van der Waals surface area contributed by atoms with Gasteiger partial charge >= 0.3 is 6.18 Å². The number of nitrogens with zero attached hydrogens (tertiary/aromatic N) is 2. The molecule has 0 aliphatic carbocycles. The van der Waals surface area contributed by atoms with Crippen molar-refractivity contribution in [3.8, 4) is 11.1 Å². The van der Waals surface area contributed by atoms with Crippen molar-refractivity contribution in [2.75, 3.05) is 18.1 Å². The van der Waals surface area contributed by atoms with E-state index in [1.807, 2.05) is 24.3 Å². The third-order valence-corrected chi connectivity index (χ3v) is 5.81. The molecule has 1 fully saturated rings. The third-order valence-electron chi connectivity index (χ3n) is 5.81. The monoisotopic (exact) mass is 455 g/mol. The second-order valence-corrected chi connectivity index (χ2v) is 8.01. The Morgan fingerprint density at radius 3 is 2.09 bits per heavy atom. The highest BCUT2D eigenvalue weighted by atomic mass is 19.4. The van der Waals surface area contributed by atoms with Crippen molar-refractivity contribution in [3.05, 3.63) is 83.6 Å². The predicted octanol–water partition coefficient (Wildman–Crippen LogP) is 5.05. The van der Waals surface area contributed by atoms with E-state index in [4.69, 9.17) is 10.5 Å². The molecule has 1 aliphatic heterocycles. The van der Waals surface area contributed by atoms with Crippen molar-refractivity contribution in [1.29, 1.82) is 0 Å². The predicted molar refractivity (Wildman–Crippen MR) is 120 cm³/mol. The molecule has 0 spiro atoms. The van der Waals surface area contributed by atoms with Crippen LogP contribution in [0.3, 0.4) is 0 Å². The first-order chi connectivity index (χ1) is 15.8. The summed E-state index contributed by atoms with van der Waals surface area (Å²) in [6.07, 6.45) is -1.14. The molecule has 1 saturated heterocycles. The Kier molecular flexibility index (Phi) is 6.65. The molecule has 1 amide bonds. The van der Waals surface area contributed by atoms with E-state index in [-0.39, 0.29) is 6.04 Å². The van der Waals surface area contributed by atoms with Crippen LogP contribution in [-0.2, 0) is 17.5 Å². The summed E-state index contributed by atoms with van der Waals surface area (Å²) < 4.78 is 43.9. The zero-order chi connectivity index (χ0) is 23.4. The van der Waals surface area contributed by atoms with Gasteiger partial charge in [-0.15, -0.1) is 0 Å². The van der Waals surface area contributed by atoms with Crippen LogP contribution in [0.25, 0.3) is 11.1 Å². The molecule has 172 valence electrons. The number of aromatic nitrogens is 1. The summed E-state index contributed by atoms with van der Waals surface area (Å²) >= 11 is 0. The lowest BCUT2D eigenvalue weighted by atomic mass is 10.0. The summed E-state index contributed by atoms with van der Waals surface area (Å²) in [6, 6.07) is 16.6. The quantitative estimate of drug-likeness (QED) is 0.565. The van der Waals surface area contributed by atoms with Gasteiger partial charge in [-0.3, -0.25) is 4.79 Å². The number of carbonyl (C=O) groups is 1. The van der Waals surface area contributed by atoms with Crippen LogP contribution in [0, 0.1) is 0 Å². The summed E-state index contributed by atoms with van der Waals surface area (Å²) in [5.74, 6) is 0.226. The zero-order valence-electron chi connectivity index (χ0n) is 17.9. The Morgan fingerprint density at radius 1 is 0.970 bits per heavy atom. The van der Waals surface area contributed by atoms with E-state index >= 15 is 0 Å². The first kappa shape index (κ1) is 22.8. The van der Waals surface area contributed by atoms with Crippen LogP contribution in [0.1, 0.15) is 34.3 Å². The largest absolute Gasteiger partial charge is 0.416 e. The Labute approximate surface area is 190 Å². The Balaban J connectivity index is 1.54. The maximum atomic E-state index is 12.8. The molecule has 33 heavy (non-hydrogen) atoms. The van der Waals surface area contributed by atoms with E-state index < -0.39 is 17.6 Å². The molecule has 0 saturated carbocycles. The van der Waals surface area contributed by atoms with Gasteiger partial charge < -0.3 is 15.4 Å². The van der Waals surface area contributed by atoms with Crippen molar-refractivity contribution < 1.29 is 22.7 Å². The van der Waals surface area contributed by atoms with Crippen LogP contribution in [-0.4, -0.2) is 30.1 Å². The average Bonchev–Trinajstić information content (AvgIpc) is 2.83. The molecule has 1 aromatic heterocycles. The number of anilines is 1. The molecule has 8 heteroatoms. The van der Waals surface area contributed by atoms with Crippen LogP contribution in [0.2, 0.25) is 0 Å². The molecule has 0 bridgehead atoms. The van der Waals surface area contributed by atoms with Crippen molar-refractivity contribution in [2.24, 2.45) is 5.73 Å². The number of benzene rings is 2. The van der Waals surface area contributed by atoms with Gasteiger partial charge in [0.05, 0.1) is 11.1 Å². The molecule has 0 radical (unpaired) electrons. The number of rotatable bonds is 6. The van der Waals surface area contributed by atoms with Crippen molar-refractivity contribution in [3.63, 3.8) is 0 Å². The average molecular weight is 455 g/mol. The molecule has 3 aromatic rings. The molecule has 1 aliphatic rings. The van der Waals surface area contributed by atoms with Gasteiger partial charge in [-0.2, -0.15) is 13.2 Å². The maximum Gasteiger partial charge on any atom is 0.416 e. The lowest BCUT2D eigenvalue weighted by Crippen LogP contribution is -2.39. The number of amides is 1. The molecular weight excluding hydrogens is 431 g/mol. The topological polar surface area (TPSA) is 68.5 Å². The van der Waals surface area contributed by atoms with Gasteiger partial charge in [0, 0.05) is 32.0 Å². The van der Waals surface area contributed by atoms with E-state index in [1.54, 1.807) is 12.1 Å². The van der Waals surface area contributed by atoms with Crippen LogP contribution >= 0.6 is 0 Å². The molecule has 2 heterocycles. The number of carbonyl (C=O) groups excluding carboxylic acids is 1. The van der Waals surface area contributed by atoms with Crippen LogP contribution in [0.15, 0.2) is 66.9 Å². The number of ether oxygens (including phenoxy) is 1. The number of alkyl halides is 3. The Hall–Kier alpha value is -3.39. The van der Waals surface area contributed by atoms with E-state index in [0.717, 1.165) is 47.5 Å². The number of hydrogen-bond donors (Lipinski definition) is 1. The van der Waals surface area contributed by atoms with Gasteiger partial charge in [-0.1, -0.05) is 36.4 Å². The van der Waals surface area contributed by atoms with Gasteiger partial charge in [-0.05, 0) is 53.8 Å².